The van der Waals surface area contributed by atoms with Crippen molar-refractivity contribution in [2.75, 3.05) is 19.4 Å². The summed E-state index contributed by atoms with van der Waals surface area (Å²) in [6.07, 6.45) is 0.421. The van der Waals surface area contributed by atoms with E-state index in [1.54, 1.807) is 12.0 Å². The molecule has 0 saturated heterocycles. The summed E-state index contributed by atoms with van der Waals surface area (Å²) in [5, 5.41) is 3.62. The van der Waals surface area contributed by atoms with E-state index in [2.05, 4.69) is 19.2 Å². The molecule has 0 bridgehead atoms. The van der Waals surface area contributed by atoms with Gasteiger partial charge >= 0.3 is 0 Å². The molecule has 7 heteroatoms. The van der Waals surface area contributed by atoms with E-state index in [1.807, 2.05) is 78.9 Å². The van der Waals surface area contributed by atoms with Gasteiger partial charge in [-0.3, -0.25) is 9.59 Å². The van der Waals surface area contributed by atoms with Gasteiger partial charge in [-0.15, -0.1) is 11.8 Å². The van der Waals surface area contributed by atoms with Crippen LogP contribution in [0.5, 0.6) is 5.75 Å². The van der Waals surface area contributed by atoms with Gasteiger partial charge in [0, 0.05) is 30.3 Å². The summed E-state index contributed by atoms with van der Waals surface area (Å²) in [6, 6.07) is 24.4. The zero-order chi connectivity index (χ0) is 26.6. The number of halogens is 1. The third-order valence-corrected chi connectivity index (χ3v) is 7.26. The zero-order valence-electron chi connectivity index (χ0n) is 21.7. The fourth-order valence-electron chi connectivity index (χ4n) is 3.85. The lowest BCUT2D eigenvalue weighted by atomic mass is 10.0. The molecule has 3 aromatic rings. The van der Waals surface area contributed by atoms with Crippen LogP contribution < -0.4 is 10.1 Å². The topological polar surface area (TPSA) is 58.6 Å². The second-order valence-corrected chi connectivity index (χ2v) is 10.7. The summed E-state index contributed by atoms with van der Waals surface area (Å²) < 4.78 is 5.23. The van der Waals surface area contributed by atoms with E-state index in [4.69, 9.17) is 16.3 Å². The highest BCUT2D eigenvalue weighted by Gasteiger charge is 2.30. The Bertz CT molecular complexity index is 1140. The maximum absolute atomic E-state index is 13.7. The van der Waals surface area contributed by atoms with Crippen molar-refractivity contribution in [2.24, 2.45) is 5.92 Å². The molecule has 0 spiro atoms. The van der Waals surface area contributed by atoms with Crippen molar-refractivity contribution < 1.29 is 14.3 Å². The number of amides is 2. The van der Waals surface area contributed by atoms with Crippen molar-refractivity contribution in [2.45, 2.75) is 38.6 Å². The van der Waals surface area contributed by atoms with E-state index in [0.29, 0.717) is 29.7 Å². The van der Waals surface area contributed by atoms with Gasteiger partial charge in [0.05, 0.1) is 12.9 Å². The molecule has 0 aliphatic rings. The van der Waals surface area contributed by atoms with Crippen molar-refractivity contribution in [1.82, 2.24) is 10.2 Å². The van der Waals surface area contributed by atoms with Crippen molar-refractivity contribution in [3.63, 3.8) is 0 Å². The van der Waals surface area contributed by atoms with Crippen molar-refractivity contribution in [3.8, 4) is 5.75 Å². The first kappa shape index (κ1) is 28.6. The monoisotopic (exact) mass is 538 g/mol. The maximum atomic E-state index is 13.7. The van der Waals surface area contributed by atoms with Crippen LogP contribution in [0.15, 0.2) is 78.9 Å². The quantitative estimate of drug-likeness (QED) is 0.290. The second-order valence-electron chi connectivity index (χ2n) is 9.30. The standard InChI is InChI=1S/C30H35ClN2O3S/c1-22(2)18-32-30(35)28(17-23-9-5-4-6-10-23)33(19-25-11-7-8-12-27(25)31)29(34)21-37-20-24-13-15-26(36-3)16-14-24/h4-16,22,28H,17-21H2,1-3H3,(H,32,35)/t28-/m1/s1. The van der Waals surface area contributed by atoms with Gasteiger partial charge in [0.25, 0.3) is 0 Å². The Hall–Kier alpha value is -2.96. The summed E-state index contributed by atoms with van der Waals surface area (Å²) >= 11 is 8.00. The predicted octanol–water partition coefficient (Wildman–Crippen LogP) is 5.99. The van der Waals surface area contributed by atoms with Gasteiger partial charge in [0.2, 0.25) is 11.8 Å². The molecule has 0 aliphatic heterocycles. The number of carbonyl (C=O) groups excluding carboxylic acids is 2. The largest absolute Gasteiger partial charge is 0.497 e. The number of thioether (sulfide) groups is 1. The van der Waals surface area contributed by atoms with Crippen LogP contribution in [0.3, 0.4) is 0 Å². The number of hydrogen-bond donors (Lipinski definition) is 1. The molecule has 1 N–H and O–H groups in total. The minimum Gasteiger partial charge on any atom is -0.497 e. The molecule has 0 heterocycles. The van der Waals surface area contributed by atoms with E-state index in [0.717, 1.165) is 22.4 Å². The minimum atomic E-state index is -0.661. The van der Waals surface area contributed by atoms with Gasteiger partial charge in [-0.1, -0.05) is 86.1 Å². The fourth-order valence-corrected chi connectivity index (χ4v) is 4.91. The Morgan fingerprint density at radius 3 is 2.27 bits per heavy atom. The zero-order valence-corrected chi connectivity index (χ0v) is 23.2. The molecular formula is C30H35ClN2O3S. The van der Waals surface area contributed by atoms with Crippen LogP contribution in [0.1, 0.15) is 30.5 Å². The highest BCUT2D eigenvalue weighted by Crippen LogP contribution is 2.22. The van der Waals surface area contributed by atoms with Crippen LogP contribution in [0.25, 0.3) is 0 Å². The molecule has 2 amide bonds. The number of methoxy groups -OCH3 is 1. The molecule has 0 aliphatic carbocycles. The first-order valence-electron chi connectivity index (χ1n) is 12.4. The molecular weight excluding hydrogens is 504 g/mol. The van der Waals surface area contributed by atoms with E-state index >= 15 is 0 Å². The third-order valence-electron chi connectivity index (χ3n) is 5.91. The van der Waals surface area contributed by atoms with Crippen LogP contribution >= 0.6 is 23.4 Å². The number of nitrogens with one attached hydrogen (secondary N) is 1. The molecule has 196 valence electrons. The van der Waals surface area contributed by atoms with Crippen LogP contribution in [0.2, 0.25) is 5.02 Å². The molecule has 3 rings (SSSR count). The first-order chi connectivity index (χ1) is 17.9. The lowest BCUT2D eigenvalue weighted by molar-refractivity contribution is -0.139. The van der Waals surface area contributed by atoms with Gasteiger partial charge in [0.15, 0.2) is 0 Å². The number of benzene rings is 3. The average Bonchev–Trinajstić information content (AvgIpc) is 2.91. The first-order valence-corrected chi connectivity index (χ1v) is 14.0. The van der Waals surface area contributed by atoms with Crippen LogP contribution in [-0.4, -0.2) is 42.2 Å². The summed E-state index contributed by atoms with van der Waals surface area (Å²) in [4.78, 5) is 28.8. The predicted molar refractivity (Wildman–Crippen MR) is 153 cm³/mol. The Kier molecular flexibility index (Phi) is 11.4. The second kappa shape index (κ2) is 14.7. The Morgan fingerprint density at radius 2 is 1.62 bits per heavy atom. The number of ether oxygens (including phenoxy) is 1. The van der Waals surface area contributed by atoms with E-state index in [-0.39, 0.29) is 24.1 Å². The molecule has 0 unspecified atom stereocenters. The molecule has 3 aromatic carbocycles. The summed E-state index contributed by atoms with van der Waals surface area (Å²) in [6.45, 7) is 4.91. The van der Waals surface area contributed by atoms with Gasteiger partial charge in [0.1, 0.15) is 11.8 Å². The fraction of sp³-hybridized carbons (Fsp3) is 0.333. The van der Waals surface area contributed by atoms with Gasteiger partial charge in [-0.25, -0.2) is 0 Å². The molecule has 0 radical (unpaired) electrons. The van der Waals surface area contributed by atoms with Gasteiger partial charge in [-0.05, 0) is 40.8 Å². The average molecular weight is 539 g/mol. The van der Waals surface area contributed by atoms with Crippen molar-refractivity contribution in [1.29, 1.82) is 0 Å². The summed E-state index contributed by atoms with van der Waals surface area (Å²) in [5.74, 6) is 1.77. The molecule has 0 fully saturated rings. The molecule has 37 heavy (non-hydrogen) atoms. The van der Waals surface area contributed by atoms with Crippen molar-refractivity contribution in [3.05, 3.63) is 101 Å². The highest BCUT2D eigenvalue weighted by atomic mass is 35.5. The van der Waals surface area contributed by atoms with Gasteiger partial charge in [-0.2, -0.15) is 0 Å². The number of carbonyl (C=O) groups is 2. The van der Waals surface area contributed by atoms with E-state index in [1.165, 1.54) is 11.8 Å². The number of nitrogens with zero attached hydrogens (tertiary/aromatic N) is 1. The third kappa shape index (κ3) is 9.13. The maximum Gasteiger partial charge on any atom is 0.243 e. The molecule has 5 nitrogen and oxygen atoms in total. The lowest BCUT2D eigenvalue weighted by Crippen LogP contribution is -2.51. The Balaban J connectivity index is 1.83. The van der Waals surface area contributed by atoms with Crippen LogP contribution in [-0.2, 0) is 28.3 Å². The molecule has 0 saturated carbocycles. The smallest absolute Gasteiger partial charge is 0.243 e. The molecule has 1 atom stereocenters. The van der Waals surface area contributed by atoms with Crippen LogP contribution in [0, 0.1) is 5.92 Å². The Labute approximate surface area is 229 Å². The van der Waals surface area contributed by atoms with Gasteiger partial charge < -0.3 is 15.0 Å². The number of rotatable bonds is 13. The SMILES string of the molecule is COc1ccc(CSCC(=O)N(Cc2ccccc2Cl)[C@H](Cc2ccccc2)C(=O)NCC(C)C)cc1. The lowest BCUT2D eigenvalue weighted by Gasteiger charge is -2.32. The van der Waals surface area contributed by atoms with E-state index < -0.39 is 6.04 Å². The normalized spacial score (nSPS) is 11.7. The highest BCUT2D eigenvalue weighted by molar-refractivity contribution is 7.99. The van der Waals surface area contributed by atoms with Crippen molar-refractivity contribution >= 4 is 35.2 Å². The summed E-state index contributed by atoms with van der Waals surface area (Å²) in [5.41, 5.74) is 2.91. The molecule has 0 aromatic heterocycles. The summed E-state index contributed by atoms with van der Waals surface area (Å²) in [7, 11) is 1.64. The number of hydrogen-bond acceptors (Lipinski definition) is 4. The Morgan fingerprint density at radius 1 is 0.946 bits per heavy atom. The van der Waals surface area contributed by atoms with E-state index in [9.17, 15) is 9.59 Å². The minimum absolute atomic E-state index is 0.0981. The van der Waals surface area contributed by atoms with Crippen LogP contribution in [0.4, 0.5) is 0 Å².